The summed E-state index contributed by atoms with van der Waals surface area (Å²) in [6.07, 6.45) is 2.22. The highest BCUT2D eigenvalue weighted by Gasteiger charge is 2.30. The summed E-state index contributed by atoms with van der Waals surface area (Å²) in [6.45, 7) is 0.661. The first-order valence-electron chi connectivity index (χ1n) is 6.45. The van der Waals surface area contributed by atoms with Crippen molar-refractivity contribution < 1.29 is 9.90 Å². The Morgan fingerprint density at radius 3 is 3.10 bits per heavy atom. The van der Waals surface area contributed by atoms with E-state index >= 15 is 0 Å². The number of carbonyl (C=O) groups excluding carboxylic acids is 1. The number of rotatable bonds is 2. The number of aromatic nitrogens is 2. The van der Waals surface area contributed by atoms with E-state index in [1.165, 1.54) is 0 Å². The summed E-state index contributed by atoms with van der Waals surface area (Å²) < 4.78 is 0. The summed E-state index contributed by atoms with van der Waals surface area (Å²) >= 11 is 0. The molecule has 2 aromatic rings. The molecule has 1 aromatic carbocycles. The number of H-pyrrole nitrogens is 1. The quantitative estimate of drug-likeness (QED) is 0.715. The molecule has 0 radical (unpaired) electrons. The molecule has 1 amide bonds. The van der Waals surface area contributed by atoms with Crippen LogP contribution in [0.3, 0.4) is 0 Å². The lowest BCUT2D eigenvalue weighted by atomic mass is 10.0. The van der Waals surface area contributed by atoms with Gasteiger partial charge in [0, 0.05) is 13.0 Å². The van der Waals surface area contributed by atoms with E-state index in [0.29, 0.717) is 18.7 Å². The summed E-state index contributed by atoms with van der Waals surface area (Å²) in [5, 5.41) is 12.5. The molecule has 3 rings (SSSR count). The summed E-state index contributed by atoms with van der Waals surface area (Å²) in [5.41, 5.74) is 2.42. The third kappa shape index (κ3) is 2.25. The molecule has 1 aromatic heterocycles. The Kier molecular flexibility index (Phi) is 3.15. The van der Waals surface area contributed by atoms with Gasteiger partial charge in [-0.25, -0.2) is 4.98 Å². The van der Waals surface area contributed by atoms with Crippen LogP contribution in [-0.2, 0) is 17.8 Å². The van der Waals surface area contributed by atoms with Crippen molar-refractivity contribution >= 4 is 11.6 Å². The lowest BCUT2D eigenvalue weighted by Gasteiger charge is -2.30. The molecule has 0 spiro atoms. The Hall–Kier alpha value is -2.34. The number of hydrogen-bond donors (Lipinski definition) is 3. The zero-order valence-corrected chi connectivity index (χ0v) is 11.1. The number of likely N-dealkylation sites (N-methyl/N-ethyl adjacent to an activating group) is 1. The number of fused-ring (bicyclic) bond motifs is 1. The molecule has 1 atom stereocenters. The molecular weight excluding hydrogens is 256 g/mol. The van der Waals surface area contributed by atoms with Crippen LogP contribution in [0.2, 0.25) is 0 Å². The molecule has 1 unspecified atom stereocenters. The molecule has 1 aliphatic rings. The Morgan fingerprint density at radius 2 is 2.30 bits per heavy atom. The maximum Gasteiger partial charge on any atom is 0.242 e. The second-order valence-corrected chi connectivity index (χ2v) is 4.97. The van der Waals surface area contributed by atoms with Gasteiger partial charge in [-0.05, 0) is 19.2 Å². The van der Waals surface area contributed by atoms with E-state index in [9.17, 15) is 9.90 Å². The largest absolute Gasteiger partial charge is 0.506 e. The fourth-order valence-corrected chi connectivity index (χ4v) is 2.45. The van der Waals surface area contributed by atoms with E-state index < -0.39 is 0 Å². The van der Waals surface area contributed by atoms with E-state index in [1.54, 1.807) is 30.6 Å². The highest BCUT2D eigenvalue weighted by molar-refractivity contribution is 5.96. The number of benzene rings is 1. The standard InChI is InChI=1S/C14H16N4O2/c1-18-7-11-10(15-8-16-11)6-12(18)14(20)17-9-4-2-3-5-13(9)19/h2-5,8,12,19H,6-7H2,1H3,(H,15,16)(H,17,20). The van der Waals surface area contributed by atoms with Gasteiger partial charge >= 0.3 is 0 Å². The molecule has 0 saturated heterocycles. The summed E-state index contributed by atoms with van der Waals surface area (Å²) in [5.74, 6) is -0.0672. The van der Waals surface area contributed by atoms with Gasteiger partial charge in [0.2, 0.25) is 5.91 Å². The molecule has 104 valence electrons. The minimum absolute atomic E-state index is 0.0692. The Balaban J connectivity index is 1.77. The van der Waals surface area contributed by atoms with E-state index in [2.05, 4.69) is 15.3 Å². The van der Waals surface area contributed by atoms with E-state index in [-0.39, 0.29) is 17.7 Å². The second-order valence-electron chi connectivity index (χ2n) is 4.97. The summed E-state index contributed by atoms with van der Waals surface area (Å²) in [4.78, 5) is 21.6. The maximum absolute atomic E-state index is 12.4. The number of carbonyl (C=O) groups is 1. The Bertz CT molecular complexity index is 638. The van der Waals surface area contributed by atoms with Crippen molar-refractivity contribution in [2.45, 2.75) is 19.0 Å². The van der Waals surface area contributed by atoms with Gasteiger partial charge in [-0.15, -0.1) is 0 Å². The topological polar surface area (TPSA) is 81.2 Å². The molecular formula is C14H16N4O2. The minimum atomic E-state index is -0.287. The van der Waals surface area contributed by atoms with Gasteiger partial charge in [0.25, 0.3) is 0 Å². The number of anilines is 1. The van der Waals surface area contributed by atoms with Crippen LogP contribution >= 0.6 is 0 Å². The van der Waals surface area contributed by atoms with Gasteiger partial charge in [-0.2, -0.15) is 0 Å². The van der Waals surface area contributed by atoms with Crippen molar-refractivity contribution in [3.05, 3.63) is 42.0 Å². The third-order valence-electron chi connectivity index (χ3n) is 3.60. The summed E-state index contributed by atoms with van der Waals surface area (Å²) in [6, 6.07) is 6.42. The number of aromatic amines is 1. The monoisotopic (exact) mass is 272 g/mol. The zero-order valence-electron chi connectivity index (χ0n) is 11.1. The van der Waals surface area contributed by atoms with Gasteiger partial charge in [0.15, 0.2) is 0 Å². The lowest BCUT2D eigenvalue weighted by Crippen LogP contribution is -2.45. The second kappa shape index (κ2) is 4.97. The molecule has 1 aliphatic heterocycles. The van der Waals surface area contributed by atoms with Crippen LogP contribution < -0.4 is 5.32 Å². The predicted octanol–water partition coefficient (Wildman–Crippen LogP) is 1.11. The number of imidazole rings is 1. The average molecular weight is 272 g/mol. The smallest absolute Gasteiger partial charge is 0.242 e. The molecule has 2 heterocycles. The molecule has 6 nitrogen and oxygen atoms in total. The lowest BCUT2D eigenvalue weighted by molar-refractivity contribution is -0.121. The zero-order chi connectivity index (χ0) is 14.1. The van der Waals surface area contributed by atoms with Gasteiger partial charge in [0.1, 0.15) is 5.75 Å². The average Bonchev–Trinajstić information content (AvgIpc) is 2.87. The van der Waals surface area contributed by atoms with Crippen LogP contribution in [0.1, 0.15) is 11.4 Å². The van der Waals surface area contributed by atoms with Gasteiger partial charge in [-0.3, -0.25) is 9.69 Å². The first kappa shape index (κ1) is 12.7. The molecule has 20 heavy (non-hydrogen) atoms. The van der Waals surface area contributed by atoms with Crippen molar-refractivity contribution in [3.63, 3.8) is 0 Å². The van der Waals surface area contributed by atoms with Gasteiger partial charge in [0.05, 0.1) is 29.4 Å². The number of phenols is 1. The number of aromatic hydroxyl groups is 1. The SMILES string of the molecule is CN1Cc2[nH]cnc2CC1C(=O)Nc1ccccc1O. The number of nitrogens with one attached hydrogen (secondary N) is 2. The van der Waals surface area contributed by atoms with Crippen molar-refractivity contribution in [2.24, 2.45) is 0 Å². The van der Waals surface area contributed by atoms with Gasteiger partial charge < -0.3 is 15.4 Å². The van der Waals surface area contributed by atoms with E-state index in [1.807, 2.05) is 11.9 Å². The van der Waals surface area contributed by atoms with Crippen LogP contribution in [0.15, 0.2) is 30.6 Å². The predicted molar refractivity (Wildman–Crippen MR) is 74.3 cm³/mol. The molecule has 0 bridgehead atoms. The first-order chi connectivity index (χ1) is 9.65. The molecule has 0 saturated carbocycles. The van der Waals surface area contributed by atoms with Crippen LogP contribution in [0.4, 0.5) is 5.69 Å². The van der Waals surface area contributed by atoms with Crippen molar-refractivity contribution in [3.8, 4) is 5.75 Å². The number of nitrogens with zero attached hydrogens (tertiary/aromatic N) is 2. The number of hydrogen-bond acceptors (Lipinski definition) is 4. The van der Waals surface area contributed by atoms with Crippen LogP contribution in [0.5, 0.6) is 5.75 Å². The first-order valence-corrected chi connectivity index (χ1v) is 6.45. The van der Waals surface area contributed by atoms with Crippen LogP contribution in [0.25, 0.3) is 0 Å². The van der Waals surface area contributed by atoms with Crippen molar-refractivity contribution in [1.29, 1.82) is 0 Å². The number of phenolic OH excluding ortho intramolecular Hbond substituents is 1. The fraction of sp³-hybridized carbons (Fsp3) is 0.286. The van der Waals surface area contributed by atoms with Crippen LogP contribution in [-0.4, -0.2) is 39.0 Å². The van der Waals surface area contributed by atoms with Gasteiger partial charge in [-0.1, -0.05) is 12.1 Å². The number of amides is 1. The highest BCUT2D eigenvalue weighted by Crippen LogP contribution is 2.24. The summed E-state index contributed by atoms with van der Waals surface area (Å²) in [7, 11) is 1.90. The third-order valence-corrected chi connectivity index (χ3v) is 3.60. The maximum atomic E-state index is 12.4. The molecule has 3 N–H and O–H groups in total. The highest BCUT2D eigenvalue weighted by atomic mass is 16.3. The van der Waals surface area contributed by atoms with Crippen LogP contribution in [0, 0.1) is 0 Å². The fourth-order valence-electron chi connectivity index (χ4n) is 2.45. The minimum Gasteiger partial charge on any atom is -0.506 e. The molecule has 0 fully saturated rings. The normalized spacial score (nSPS) is 18.6. The van der Waals surface area contributed by atoms with Crippen molar-refractivity contribution in [2.75, 3.05) is 12.4 Å². The number of para-hydroxylation sites is 2. The van der Waals surface area contributed by atoms with E-state index in [4.69, 9.17) is 0 Å². The molecule has 0 aliphatic carbocycles. The van der Waals surface area contributed by atoms with Crippen molar-refractivity contribution in [1.82, 2.24) is 14.9 Å². The molecule has 6 heteroatoms. The Labute approximate surface area is 116 Å². The Morgan fingerprint density at radius 1 is 1.50 bits per heavy atom. The van der Waals surface area contributed by atoms with E-state index in [0.717, 1.165) is 11.4 Å².